The number of morpholine rings is 1. The fourth-order valence-electron chi connectivity index (χ4n) is 3.27. The summed E-state index contributed by atoms with van der Waals surface area (Å²) in [6.45, 7) is 8.06. The molecule has 3 rings (SSSR count). The number of rotatable bonds is 7. The lowest BCUT2D eigenvalue weighted by molar-refractivity contribution is -0.131. The largest absolute Gasteiger partial charge is 0.379 e. The second-order valence-electron chi connectivity index (χ2n) is 6.86. The molecule has 9 nitrogen and oxygen atoms in total. The monoisotopic (exact) mass is 351 g/mol. The lowest BCUT2D eigenvalue weighted by Crippen LogP contribution is -2.40. The summed E-state index contributed by atoms with van der Waals surface area (Å²) in [6, 6.07) is 0. The highest BCUT2D eigenvalue weighted by Crippen LogP contribution is 2.08. The Morgan fingerprint density at radius 1 is 1.12 bits per heavy atom. The normalized spacial score (nSPS) is 19.9. The molecule has 1 amide bonds. The third-order valence-electron chi connectivity index (χ3n) is 4.99. The number of likely N-dealkylation sites (N-methyl/N-ethyl adjacent to an activating group) is 1. The van der Waals surface area contributed by atoms with Crippen molar-refractivity contribution in [1.29, 1.82) is 0 Å². The second-order valence-corrected chi connectivity index (χ2v) is 6.86. The molecule has 2 saturated heterocycles. The van der Waals surface area contributed by atoms with E-state index < -0.39 is 0 Å². The Labute approximate surface area is 148 Å². The van der Waals surface area contributed by atoms with E-state index >= 15 is 0 Å². The highest BCUT2D eigenvalue weighted by atomic mass is 16.5. The Morgan fingerprint density at radius 3 is 2.64 bits per heavy atom. The molecule has 3 heterocycles. The van der Waals surface area contributed by atoms with E-state index in [1.807, 2.05) is 7.05 Å². The first-order valence-corrected chi connectivity index (χ1v) is 9.24. The number of hydrogen-bond acceptors (Lipinski definition) is 7. The summed E-state index contributed by atoms with van der Waals surface area (Å²) in [7, 11) is 1.86. The van der Waals surface area contributed by atoms with Crippen LogP contribution in [-0.2, 0) is 22.6 Å². The quantitative estimate of drug-likeness (QED) is 0.652. The van der Waals surface area contributed by atoms with Gasteiger partial charge >= 0.3 is 0 Å². The molecule has 0 atom stereocenters. The van der Waals surface area contributed by atoms with Crippen molar-refractivity contribution in [2.24, 2.45) is 0 Å². The second kappa shape index (κ2) is 9.21. The van der Waals surface area contributed by atoms with Gasteiger partial charge in [-0.05, 0) is 36.4 Å². The molecule has 0 N–H and O–H groups in total. The van der Waals surface area contributed by atoms with Crippen molar-refractivity contribution in [2.75, 3.05) is 59.5 Å². The summed E-state index contributed by atoms with van der Waals surface area (Å²) in [4.78, 5) is 19.0. The molecule has 25 heavy (non-hydrogen) atoms. The number of ether oxygens (including phenoxy) is 1. The van der Waals surface area contributed by atoms with Gasteiger partial charge in [0.25, 0.3) is 0 Å². The van der Waals surface area contributed by atoms with E-state index in [4.69, 9.17) is 4.74 Å². The number of nitrogens with zero attached hydrogens (tertiary/aromatic N) is 7. The molecule has 0 aliphatic carbocycles. The number of hydrogen-bond donors (Lipinski definition) is 0. The lowest BCUT2D eigenvalue weighted by atomic mass is 10.1. The van der Waals surface area contributed by atoms with Crippen LogP contribution in [0.4, 0.5) is 0 Å². The number of likely N-dealkylation sites (tertiary alicyclic amines) is 1. The topological polar surface area (TPSA) is 79.6 Å². The van der Waals surface area contributed by atoms with Crippen LogP contribution in [-0.4, -0.2) is 100 Å². The maximum Gasteiger partial charge on any atom is 0.244 e. The number of carbonyl (C=O) groups excluding carboxylic acids is 1. The minimum Gasteiger partial charge on any atom is -0.379 e. The molecule has 0 aromatic carbocycles. The Bertz CT molecular complexity index is 538. The third-order valence-corrected chi connectivity index (χ3v) is 4.99. The van der Waals surface area contributed by atoms with Gasteiger partial charge in [0.05, 0.1) is 19.8 Å². The van der Waals surface area contributed by atoms with E-state index in [1.54, 1.807) is 9.58 Å². The van der Waals surface area contributed by atoms with Crippen LogP contribution in [0.2, 0.25) is 0 Å². The number of carbonyl (C=O) groups is 1. The van der Waals surface area contributed by atoms with E-state index in [1.165, 1.54) is 19.3 Å². The van der Waals surface area contributed by atoms with Gasteiger partial charge in [0, 0.05) is 33.2 Å². The minimum atomic E-state index is 0.0486. The van der Waals surface area contributed by atoms with E-state index in [0.717, 1.165) is 58.3 Å². The van der Waals surface area contributed by atoms with Gasteiger partial charge in [0.15, 0.2) is 5.82 Å². The Hall–Kier alpha value is -1.58. The maximum absolute atomic E-state index is 12.5. The predicted octanol–water partition coefficient (Wildman–Crippen LogP) is -0.550. The first kappa shape index (κ1) is 18.2. The predicted molar refractivity (Wildman–Crippen MR) is 91.8 cm³/mol. The average molecular weight is 351 g/mol. The molecule has 0 radical (unpaired) electrons. The van der Waals surface area contributed by atoms with Crippen molar-refractivity contribution in [3.05, 3.63) is 5.82 Å². The molecular weight excluding hydrogens is 322 g/mol. The van der Waals surface area contributed by atoms with E-state index in [0.29, 0.717) is 6.54 Å². The number of aromatic nitrogens is 4. The number of tetrazole rings is 1. The minimum absolute atomic E-state index is 0.0486. The zero-order chi connectivity index (χ0) is 17.5. The Morgan fingerprint density at radius 2 is 1.88 bits per heavy atom. The van der Waals surface area contributed by atoms with Crippen LogP contribution in [0.15, 0.2) is 0 Å². The smallest absolute Gasteiger partial charge is 0.244 e. The number of piperidine rings is 1. The van der Waals surface area contributed by atoms with Crippen molar-refractivity contribution < 1.29 is 9.53 Å². The van der Waals surface area contributed by atoms with Gasteiger partial charge in [-0.3, -0.25) is 9.69 Å². The zero-order valence-electron chi connectivity index (χ0n) is 15.1. The molecule has 1 aromatic rings. The molecule has 0 spiro atoms. The van der Waals surface area contributed by atoms with Gasteiger partial charge in [-0.2, -0.15) is 0 Å². The van der Waals surface area contributed by atoms with Crippen molar-refractivity contribution in [2.45, 2.75) is 32.4 Å². The van der Waals surface area contributed by atoms with Gasteiger partial charge in [-0.15, -0.1) is 5.10 Å². The summed E-state index contributed by atoms with van der Waals surface area (Å²) in [5.41, 5.74) is 0. The molecule has 2 fully saturated rings. The summed E-state index contributed by atoms with van der Waals surface area (Å²) < 4.78 is 6.98. The summed E-state index contributed by atoms with van der Waals surface area (Å²) in [5.74, 6) is 0.784. The van der Waals surface area contributed by atoms with Gasteiger partial charge in [-0.25, -0.2) is 4.68 Å². The van der Waals surface area contributed by atoms with E-state index in [9.17, 15) is 4.79 Å². The maximum atomic E-state index is 12.5. The van der Waals surface area contributed by atoms with E-state index in [-0.39, 0.29) is 12.5 Å². The zero-order valence-corrected chi connectivity index (χ0v) is 15.1. The Balaban J connectivity index is 1.46. The Kier molecular flexibility index (Phi) is 6.71. The van der Waals surface area contributed by atoms with Gasteiger partial charge in [0.2, 0.25) is 5.91 Å². The van der Waals surface area contributed by atoms with Crippen molar-refractivity contribution in [3.63, 3.8) is 0 Å². The van der Waals surface area contributed by atoms with Gasteiger partial charge in [0.1, 0.15) is 6.54 Å². The molecule has 0 saturated carbocycles. The molecule has 2 aliphatic heterocycles. The summed E-state index contributed by atoms with van der Waals surface area (Å²) >= 11 is 0. The van der Waals surface area contributed by atoms with Crippen molar-refractivity contribution in [3.8, 4) is 0 Å². The number of amides is 1. The summed E-state index contributed by atoms with van der Waals surface area (Å²) in [5, 5.41) is 11.8. The molecular formula is C16H29N7O2. The van der Waals surface area contributed by atoms with Crippen molar-refractivity contribution >= 4 is 5.91 Å². The lowest BCUT2D eigenvalue weighted by Gasteiger charge is -2.28. The first-order valence-electron chi connectivity index (χ1n) is 9.24. The molecule has 2 aliphatic rings. The highest BCUT2D eigenvalue weighted by Gasteiger charge is 2.18. The van der Waals surface area contributed by atoms with E-state index in [2.05, 4.69) is 25.3 Å². The van der Waals surface area contributed by atoms with Crippen LogP contribution in [0.1, 0.15) is 25.1 Å². The van der Waals surface area contributed by atoms with Crippen LogP contribution in [0.25, 0.3) is 0 Å². The molecule has 140 valence electrons. The standard InChI is InChI=1S/C16H29N7O2/c1-20(7-8-21-5-3-2-4-6-21)16(24)14-23-15(17-18-19-23)13-22-9-11-25-12-10-22/h2-14H2,1H3. The average Bonchev–Trinajstić information content (AvgIpc) is 3.08. The van der Waals surface area contributed by atoms with Gasteiger partial charge < -0.3 is 14.5 Å². The van der Waals surface area contributed by atoms with Crippen LogP contribution >= 0.6 is 0 Å². The fourth-order valence-corrected chi connectivity index (χ4v) is 3.27. The fraction of sp³-hybridized carbons (Fsp3) is 0.875. The highest BCUT2D eigenvalue weighted by molar-refractivity contribution is 5.75. The summed E-state index contributed by atoms with van der Waals surface area (Å²) in [6.07, 6.45) is 3.87. The third kappa shape index (κ3) is 5.45. The molecule has 1 aromatic heterocycles. The SMILES string of the molecule is CN(CCN1CCCCC1)C(=O)Cn1nnnc1CN1CCOCC1. The molecule has 0 unspecified atom stereocenters. The van der Waals surface area contributed by atoms with Crippen molar-refractivity contribution in [1.82, 2.24) is 34.9 Å². The van der Waals surface area contributed by atoms with Crippen LogP contribution in [0, 0.1) is 0 Å². The van der Waals surface area contributed by atoms with Crippen LogP contribution in [0.5, 0.6) is 0 Å². The first-order chi connectivity index (χ1) is 12.2. The van der Waals surface area contributed by atoms with Crippen LogP contribution in [0.3, 0.4) is 0 Å². The van der Waals surface area contributed by atoms with Crippen LogP contribution < -0.4 is 0 Å². The van der Waals surface area contributed by atoms with Gasteiger partial charge in [-0.1, -0.05) is 6.42 Å². The molecule has 0 bridgehead atoms. The molecule has 9 heteroatoms.